The Bertz CT molecular complexity index is 1320. The van der Waals surface area contributed by atoms with Gasteiger partial charge in [0.15, 0.2) is 23.1 Å². The number of alkyl halides is 3. The Morgan fingerprint density at radius 1 is 1.06 bits per heavy atom. The molecule has 182 valence electrons. The molecule has 10 heteroatoms. The first-order valence-corrected chi connectivity index (χ1v) is 10.8. The van der Waals surface area contributed by atoms with E-state index in [-0.39, 0.29) is 0 Å². The lowest BCUT2D eigenvalue weighted by Crippen LogP contribution is -2.11. The number of hydrogen-bond donors (Lipinski definition) is 1. The van der Waals surface area contributed by atoms with Crippen LogP contribution in [-0.4, -0.2) is 41.0 Å². The topological polar surface area (TPSA) is 68.1 Å². The molecule has 1 N–H and O–H groups in total. The van der Waals surface area contributed by atoms with Crippen LogP contribution in [0.4, 0.5) is 24.7 Å². The van der Waals surface area contributed by atoms with E-state index in [0.717, 1.165) is 22.9 Å². The van der Waals surface area contributed by atoms with Crippen molar-refractivity contribution in [3.05, 3.63) is 77.7 Å². The van der Waals surface area contributed by atoms with Gasteiger partial charge in [0.05, 0.1) is 19.0 Å². The number of nitrogens with one attached hydrogen (secondary N) is 1. The Hall–Kier alpha value is -4.08. The minimum Gasteiger partial charge on any atom is -0.491 e. The van der Waals surface area contributed by atoms with E-state index in [1.54, 1.807) is 32.4 Å². The molecule has 0 saturated heterocycles. The second kappa shape index (κ2) is 9.65. The predicted molar refractivity (Wildman–Crippen MR) is 129 cm³/mol. The zero-order chi connectivity index (χ0) is 25.2. The molecule has 0 unspecified atom stereocenters. The maximum absolute atomic E-state index is 13.0. The molecule has 4 aromatic rings. The van der Waals surface area contributed by atoms with Gasteiger partial charge in [-0.25, -0.2) is 14.6 Å². The van der Waals surface area contributed by atoms with Crippen LogP contribution in [0, 0.1) is 6.92 Å². The van der Waals surface area contributed by atoms with Crippen LogP contribution in [0.1, 0.15) is 17.0 Å². The van der Waals surface area contributed by atoms with E-state index in [0.29, 0.717) is 35.3 Å². The maximum Gasteiger partial charge on any atom is 0.435 e. The van der Waals surface area contributed by atoms with E-state index >= 15 is 0 Å². The van der Waals surface area contributed by atoms with Crippen LogP contribution >= 0.6 is 0 Å². The highest BCUT2D eigenvalue weighted by Crippen LogP contribution is 2.31. The molecule has 7 nitrogen and oxygen atoms in total. The third kappa shape index (κ3) is 5.21. The summed E-state index contributed by atoms with van der Waals surface area (Å²) in [6, 6.07) is 16.0. The molecule has 0 saturated carbocycles. The van der Waals surface area contributed by atoms with Crippen LogP contribution in [0.25, 0.3) is 17.1 Å². The molecule has 0 aliphatic heterocycles. The molecule has 35 heavy (non-hydrogen) atoms. The fraction of sp³-hybridized carbons (Fsp3) is 0.240. The summed E-state index contributed by atoms with van der Waals surface area (Å²) in [5, 5.41) is 6.97. The fourth-order valence-corrected chi connectivity index (χ4v) is 3.64. The van der Waals surface area contributed by atoms with Crippen molar-refractivity contribution in [2.45, 2.75) is 19.6 Å². The fourth-order valence-electron chi connectivity index (χ4n) is 3.64. The monoisotopic (exact) mass is 482 g/mol. The second-order valence-corrected chi connectivity index (χ2v) is 8.12. The van der Waals surface area contributed by atoms with E-state index in [1.807, 2.05) is 55.4 Å². The van der Waals surface area contributed by atoms with Crippen LogP contribution in [-0.2, 0) is 12.7 Å². The molecule has 0 atom stereocenters. The molecule has 2 heterocycles. The maximum atomic E-state index is 13.0. The van der Waals surface area contributed by atoms with Crippen molar-refractivity contribution in [1.82, 2.24) is 19.7 Å². The van der Waals surface area contributed by atoms with E-state index in [4.69, 9.17) is 4.74 Å². The van der Waals surface area contributed by atoms with Crippen molar-refractivity contribution in [1.29, 1.82) is 0 Å². The average molecular weight is 483 g/mol. The zero-order valence-corrected chi connectivity index (χ0v) is 19.8. The first-order valence-electron chi connectivity index (χ1n) is 10.8. The normalized spacial score (nSPS) is 11.4. The largest absolute Gasteiger partial charge is 0.491 e. The number of aromatic nitrogens is 4. The first kappa shape index (κ1) is 24.1. The average Bonchev–Trinajstić information content (AvgIpc) is 3.25. The van der Waals surface area contributed by atoms with Crippen molar-refractivity contribution in [2.75, 3.05) is 31.4 Å². The summed E-state index contributed by atoms with van der Waals surface area (Å²) in [4.78, 5) is 11.1. The second-order valence-electron chi connectivity index (χ2n) is 8.12. The number of aryl methyl sites for hydroxylation is 1. The minimum absolute atomic E-state index is 0.402. The van der Waals surface area contributed by atoms with Crippen molar-refractivity contribution < 1.29 is 17.9 Å². The van der Waals surface area contributed by atoms with Gasteiger partial charge in [0.1, 0.15) is 0 Å². The highest BCUT2D eigenvalue weighted by Gasteiger charge is 2.34. The molecular weight excluding hydrogens is 457 g/mol. The van der Waals surface area contributed by atoms with E-state index < -0.39 is 11.9 Å². The van der Waals surface area contributed by atoms with Gasteiger partial charge in [0.2, 0.25) is 0 Å². The lowest BCUT2D eigenvalue weighted by atomic mass is 10.1. The van der Waals surface area contributed by atoms with Gasteiger partial charge in [0.25, 0.3) is 0 Å². The summed E-state index contributed by atoms with van der Waals surface area (Å²) in [6.45, 7) is 2.01. The predicted octanol–water partition coefficient (Wildman–Crippen LogP) is 5.34. The van der Waals surface area contributed by atoms with Gasteiger partial charge in [-0.15, -0.1) is 0 Å². The van der Waals surface area contributed by atoms with Gasteiger partial charge in [-0.1, -0.05) is 24.3 Å². The zero-order valence-electron chi connectivity index (χ0n) is 19.8. The van der Waals surface area contributed by atoms with E-state index in [2.05, 4.69) is 20.4 Å². The minimum atomic E-state index is -4.48. The number of halogens is 3. The molecular formula is C25H25F3N6O. The third-order valence-corrected chi connectivity index (χ3v) is 5.42. The SMILES string of the molecule is COc1cnc(-c2ccccc2N(C)C)nc1NCc1ccc(-n2nc(C(F)(F)F)cc2C)cc1. The lowest BCUT2D eigenvalue weighted by molar-refractivity contribution is -0.141. The molecule has 0 amide bonds. The van der Waals surface area contributed by atoms with Crippen LogP contribution in [0.3, 0.4) is 0 Å². The molecule has 0 bridgehead atoms. The number of nitrogens with zero attached hydrogens (tertiary/aromatic N) is 5. The van der Waals surface area contributed by atoms with Crippen LogP contribution in [0.2, 0.25) is 0 Å². The Kier molecular flexibility index (Phi) is 6.63. The number of para-hydroxylation sites is 1. The lowest BCUT2D eigenvalue weighted by Gasteiger charge is -2.17. The van der Waals surface area contributed by atoms with Crippen LogP contribution in [0.15, 0.2) is 60.8 Å². The van der Waals surface area contributed by atoms with Gasteiger partial charge in [-0.3, -0.25) is 0 Å². The molecule has 0 fully saturated rings. The van der Waals surface area contributed by atoms with Crippen LogP contribution < -0.4 is 15.0 Å². The van der Waals surface area contributed by atoms with Gasteiger partial charge in [0, 0.05) is 37.6 Å². The summed E-state index contributed by atoms with van der Waals surface area (Å²) in [5.74, 6) is 1.59. The molecule has 2 aromatic heterocycles. The summed E-state index contributed by atoms with van der Waals surface area (Å²) < 4.78 is 45.6. The smallest absolute Gasteiger partial charge is 0.435 e. The van der Waals surface area contributed by atoms with E-state index in [9.17, 15) is 13.2 Å². The molecule has 0 aliphatic rings. The number of anilines is 2. The Labute approximate surface area is 201 Å². The summed E-state index contributed by atoms with van der Waals surface area (Å²) in [6.07, 6.45) is -2.86. The first-order chi connectivity index (χ1) is 16.7. The van der Waals surface area contributed by atoms with E-state index in [1.165, 1.54) is 4.68 Å². The van der Waals surface area contributed by atoms with Crippen molar-refractivity contribution in [3.63, 3.8) is 0 Å². The molecule has 0 spiro atoms. The third-order valence-electron chi connectivity index (χ3n) is 5.42. The summed E-state index contributed by atoms with van der Waals surface area (Å²) in [5.41, 5.74) is 2.82. The number of hydrogen-bond acceptors (Lipinski definition) is 6. The number of benzene rings is 2. The van der Waals surface area contributed by atoms with Crippen molar-refractivity contribution >= 4 is 11.5 Å². The highest BCUT2D eigenvalue weighted by molar-refractivity contribution is 5.75. The van der Waals surface area contributed by atoms with Crippen molar-refractivity contribution in [3.8, 4) is 22.8 Å². The molecule has 0 radical (unpaired) electrons. The molecule has 4 rings (SSSR count). The standard InChI is InChI=1S/C25H25F3N6O/c1-16-13-22(25(26,27)28)32-34(16)18-11-9-17(10-12-18)14-29-24-21(35-4)15-30-23(31-24)19-7-5-6-8-20(19)33(2)3/h5-13,15H,14H2,1-4H3,(H,29,30,31). The van der Waals surface area contributed by atoms with Crippen molar-refractivity contribution in [2.24, 2.45) is 0 Å². The molecule has 2 aromatic carbocycles. The Balaban J connectivity index is 1.54. The summed E-state index contributed by atoms with van der Waals surface area (Å²) in [7, 11) is 5.47. The van der Waals surface area contributed by atoms with Gasteiger partial charge in [-0.2, -0.15) is 18.3 Å². The molecule has 0 aliphatic carbocycles. The quantitative estimate of drug-likeness (QED) is 0.383. The van der Waals surface area contributed by atoms with Gasteiger partial charge in [-0.05, 0) is 42.8 Å². The number of rotatable bonds is 7. The Morgan fingerprint density at radius 2 is 1.77 bits per heavy atom. The van der Waals surface area contributed by atoms with Crippen LogP contribution in [0.5, 0.6) is 5.75 Å². The Morgan fingerprint density at radius 3 is 2.40 bits per heavy atom. The number of methoxy groups -OCH3 is 1. The number of ether oxygens (including phenoxy) is 1. The van der Waals surface area contributed by atoms with Gasteiger partial charge >= 0.3 is 6.18 Å². The highest BCUT2D eigenvalue weighted by atomic mass is 19.4. The van der Waals surface area contributed by atoms with Gasteiger partial charge < -0.3 is 15.0 Å². The summed E-state index contributed by atoms with van der Waals surface area (Å²) >= 11 is 0.